The van der Waals surface area contributed by atoms with E-state index < -0.39 is 0 Å². The third kappa shape index (κ3) is 5.17. The van der Waals surface area contributed by atoms with Crippen molar-refractivity contribution in [3.63, 3.8) is 0 Å². The maximum absolute atomic E-state index is 11.9. The van der Waals surface area contributed by atoms with Gasteiger partial charge >= 0.3 is 0 Å². The van der Waals surface area contributed by atoms with Crippen molar-refractivity contribution in [2.75, 3.05) is 24.3 Å². The number of hydrogen-bond acceptors (Lipinski definition) is 5. The Bertz CT molecular complexity index is 637. The minimum absolute atomic E-state index is 0.150. The van der Waals surface area contributed by atoms with Gasteiger partial charge < -0.3 is 21.1 Å². The standard InChI is InChI=1S/C16H19N3O3S/c1-22-13(10-17)9-15(20)18-11-4-6-12(7-5-11)19-16(21)14-3-2-8-23-14/h2-8,13H,9-10,17H2,1H3,(H,18,20)(H,19,21). The summed E-state index contributed by atoms with van der Waals surface area (Å²) in [5.74, 6) is -0.319. The van der Waals surface area contributed by atoms with Gasteiger partial charge in [0.15, 0.2) is 0 Å². The van der Waals surface area contributed by atoms with Crippen molar-refractivity contribution in [1.29, 1.82) is 0 Å². The first-order valence-corrected chi connectivity index (χ1v) is 7.98. The summed E-state index contributed by atoms with van der Waals surface area (Å²) in [5.41, 5.74) is 6.80. The molecule has 1 atom stereocenters. The summed E-state index contributed by atoms with van der Waals surface area (Å²) in [6.45, 7) is 0.289. The summed E-state index contributed by atoms with van der Waals surface area (Å²) < 4.78 is 5.07. The van der Waals surface area contributed by atoms with Crippen LogP contribution in [-0.2, 0) is 9.53 Å². The predicted octanol–water partition coefficient (Wildman–Crippen LogP) is 2.30. The molecule has 6 nitrogen and oxygen atoms in total. The Morgan fingerprint density at radius 2 is 1.83 bits per heavy atom. The van der Waals surface area contributed by atoms with Gasteiger partial charge in [0.1, 0.15) is 0 Å². The Morgan fingerprint density at radius 1 is 1.17 bits per heavy atom. The number of ether oxygens (including phenoxy) is 1. The van der Waals surface area contributed by atoms with E-state index in [4.69, 9.17) is 10.5 Å². The third-order valence-corrected chi connectivity index (χ3v) is 4.05. The quantitative estimate of drug-likeness (QED) is 0.725. The molecule has 0 aliphatic carbocycles. The lowest BCUT2D eigenvalue weighted by atomic mass is 10.2. The van der Waals surface area contributed by atoms with E-state index in [0.717, 1.165) is 0 Å². The van der Waals surface area contributed by atoms with E-state index in [1.807, 2.05) is 11.4 Å². The van der Waals surface area contributed by atoms with Crippen molar-refractivity contribution in [3.05, 3.63) is 46.7 Å². The van der Waals surface area contributed by atoms with E-state index >= 15 is 0 Å². The molecule has 2 rings (SSSR count). The van der Waals surface area contributed by atoms with Crippen molar-refractivity contribution in [3.8, 4) is 0 Å². The van der Waals surface area contributed by atoms with Crippen LogP contribution in [0.25, 0.3) is 0 Å². The average Bonchev–Trinajstić information content (AvgIpc) is 3.09. The summed E-state index contributed by atoms with van der Waals surface area (Å²) in [4.78, 5) is 24.4. The second-order valence-electron chi connectivity index (χ2n) is 4.85. The van der Waals surface area contributed by atoms with Gasteiger partial charge in [0.05, 0.1) is 17.4 Å². The van der Waals surface area contributed by atoms with Gasteiger partial charge in [-0.25, -0.2) is 0 Å². The monoisotopic (exact) mass is 333 g/mol. The van der Waals surface area contributed by atoms with Gasteiger partial charge in [0.2, 0.25) is 5.91 Å². The van der Waals surface area contributed by atoms with Gasteiger partial charge in [-0.2, -0.15) is 0 Å². The summed E-state index contributed by atoms with van der Waals surface area (Å²) >= 11 is 1.38. The molecule has 7 heteroatoms. The molecule has 0 aliphatic rings. The number of nitrogens with one attached hydrogen (secondary N) is 2. The van der Waals surface area contributed by atoms with Crippen LogP contribution in [0.4, 0.5) is 11.4 Å². The van der Waals surface area contributed by atoms with Gasteiger partial charge in [0.25, 0.3) is 5.91 Å². The van der Waals surface area contributed by atoms with Gasteiger partial charge in [-0.15, -0.1) is 11.3 Å². The van der Waals surface area contributed by atoms with E-state index in [1.165, 1.54) is 18.4 Å². The molecule has 1 heterocycles. The smallest absolute Gasteiger partial charge is 0.265 e. The van der Waals surface area contributed by atoms with Gasteiger partial charge in [-0.3, -0.25) is 9.59 Å². The molecule has 0 saturated carbocycles. The van der Waals surface area contributed by atoms with Crippen LogP contribution in [0, 0.1) is 0 Å². The molecule has 0 radical (unpaired) electrons. The molecular weight excluding hydrogens is 314 g/mol. The highest BCUT2D eigenvalue weighted by atomic mass is 32.1. The normalized spacial score (nSPS) is 11.7. The summed E-state index contributed by atoms with van der Waals surface area (Å²) in [6, 6.07) is 10.5. The molecule has 1 aromatic carbocycles. The zero-order valence-electron chi connectivity index (χ0n) is 12.7. The average molecular weight is 333 g/mol. The first-order valence-electron chi connectivity index (χ1n) is 7.10. The SMILES string of the molecule is COC(CN)CC(=O)Nc1ccc(NC(=O)c2cccs2)cc1. The maximum atomic E-state index is 11.9. The van der Waals surface area contributed by atoms with Crippen molar-refractivity contribution in [2.45, 2.75) is 12.5 Å². The number of nitrogens with two attached hydrogens (primary N) is 1. The minimum atomic E-state index is -0.292. The lowest BCUT2D eigenvalue weighted by Crippen LogP contribution is -2.28. The van der Waals surface area contributed by atoms with Crippen LogP contribution >= 0.6 is 11.3 Å². The number of amides is 2. The van der Waals surface area contributed by atoms with Crippen LogP contribution in [0.5, 0.6) is 0 Å². The molecule has 0 aliphatic heterocycles. The number of rotatable bonds is 7. The van der Waals surface area contributed by atoms with Gasteiger partial charge in [0, 0.05) is 25.0 Å². The third-order valence-electron chi connectivity index (χ3n) is 3.18. The summed E-state index contributed by atoms with van der Waals surface area (Å²) in [7, 11) is 1.52. The largest absolute Gasteiger partial charge is 0.380 e. The molecule has 0 saturated heterocycles. The van der Waals surface area contributed by atoms with E-state index in [2.05, 4.69) is 10.6 Å². The molecular formula is C16H19N3O3S. The molecule has 2 amide bonds. The highest BCUT2D eigenvalue weighted by Crippen LogP contribution is 2.16. The molecule has 1 unspecified atom stereocenters. The van der Waals surface area contributed by atoms with E-state index in [-0.39, 0.29) is 30.9 Å². The Balaban J connectivity index is 1.89. The topological polar surface area (TPSA) is 93.4 Å². The fourth-order valence-corrected chi connectivity index (χ4v) is 2.54. The first kappa shape index (κ1) is 17.1. The highest BCUT2D eigenvalue weighted by molar-refractivity contribution is 7.12. The Hall–Kier alpha value is -2.22. The number of benzene rings is 1. The molecule has 0 spiro atoms. The lowest BCUT2D eigenvalue weighted by molar-refractivity contribution is -0.118. The van der Waals surface area contributed by atoms with E-state index in [9.17, 15) is 9.59 Å². The molecule has 2 aromatic rings. The van der Waals surface area contributed by atoms with Crippen LogP contribution in [0.3, 0.4) is 0 Å². The van der Waals surface area contributed by atoms with Crippen molar-refractivity contribution in [2.24, 2.45) is 5.73 Å². The first-order chi connectivity index (χ1) is 11.1. The van der Waals surface area contributed by atoms with E-state index in [0.29, 0.717) is 16.3 Å². The summed E-state index contributed by atoms with van der Waals surface area (Å²) in [5, 5.41) is 7.41. The number of hydrogen-bond donors (Lipinski definition) is 3. The summed E-state index contributed by atoms with van der Waals surface area (Å²) in [6.07, 6.45) is -0.0940. The van der Waals surface area contributed by atoms with Crippen LogP contribution in [-0.4, -0.2) is 31.6 Å². The second kappa shape index (κ2) is 8.42. The van der Waals surface area contributed by atoms with Crippen molar-refractivity contribution < 1.29 is 14.3 Å². The Labute approximate surface area is 138 Å². The fraction of sp³-hybridized carbons (Fsp3) is 0.250. The lowest BCUT2D eigenvalue weighted by Gasteiger charge is -2.13. The number of carbonyl (C=O) groups is 2. The van der Waals surface area contributed by atoms with Crippen LogP contribution in [0.15, 0.2) is 41.8 Å². The van der Waals surface area contributed by atoms with Gasteiger partial charge in [-0.05, 0) is 35.7 Å². The molecule has 23 heavy (non-hydrogen) atoms. The number of methoxy groups -OCH3 is 1. The Kier molecular flexibility index (Phi) is 6.28. The van der Waals surface area contributed by atoms with Crippen LogP contribution < -0.4 is 16.4 Å². The molecule has 0 bridgehead atoms. The zero-order valence-corrected chi connectivity index (χ0v) is 13.6. The van der Waals surface area contributed by atoms with Crippen LogP contribution in [0.2, 0.25) is 0 Å². The van der Waals surface area contributed by atoms with Gasteiger partial charge in [-0.1, -0.05) is 6.07 Å². The van der Waals surface area contributed by atoms with Crippen molar-refractivity contribution in [1.82, 2.24) is 0 Å². The number of carbonyl (C=O) groups excluding carboxylic acids is 2. The minimum Gasteiger partial charge on any atom is -0.380 e. The van der Waals surface area contributed by atoms with Crippen LogP contribution in [0.1, 0.15) is 16.1 Å². The number of thiophene rings is 1. The fourth-order valence-electron chi connectivity index (χ4n) is 1.92. The predicted molar refractivity (Wildman–Crippen MR) is 91.8 cm³/mol. The Morgan fingerprint density at radius 3 is 2.35 bits per heavy atom. The zero-order chi connectivity index (χ0) is 16.7. The second-order valence-corrected chi connectivity index (χ2v) is 5.80. The van der Waals surface area contributed by atoms with E-state index in [1.54, 1.807) is 30.3 Å². The maximum Gasteiger partial charge on any atom is 0.265 e. The molecule has 0 fully saturated rings. The van der Waals surface area contributed by atoms with Crippen molar-refractivity contribution >= 4 is 34.5 Å². The molecule has 122 valence electrons. The molecule has 4 N–H and O–H groups in total. The number of anilines is 2. The highest BCUT2D eigenvalue weighted by Gasteiger charge is 2.12. The molecule has 1 aromatic heterocycles.